The van der Waals surface area contributed by atoms with Gasteiger partial charge in [0, 0.05) is 6.42 Å². The van der Waals surface area contributed by atoms with Crippen LogP contribution in [0.2, 0.25) is 0 Å². The normalized spacial score (nSPS) is 11.8. The second kappa shape index (κ2) is 18.6. The molecule has 0 saturated heterocycles. The third kappa shape index (κ3) is 13.0. The highest BCUT2D eigenvalue weighted by atomic mass is 16.5. The number of carbonyl (C=O) groups excluding carboxylic acids is 2. The third-order valence-corrected chi connectivity index (χ3v) is 6.97. The summed E-state index contributed by atoms with van der Waals surface area (Å²) in [4.78, 5) is 24.4. The first-order chi connectivity index (χ1) is 18.0. The van der Waals surface area contributed by atoms with Crippen LogP contribution in [0.1, 0.15) is 121 Å². The van der Waals surface area contributed by atoms with E-state index in [0.29, 0.717) is 30.3 Å². The van der Waals surface area contributed by atoms with E-state index in [9.17, 15) is 9.59 Å². The minimum atomic E-state index is -0.290. The van der Waals surface area contributed by atoms with E-state index >= 15 is 0 Å². The molecule has 0 aromatic heterocycles. The Labute approximate surface area is 225 Å². The van der Waals surface area contributed by atoms with E-state index in [0.717, 1.165) is 30.4 Å². The Hall–Kier alpha value is -2.62. The third-order valence-electron chi connectivity index (χ3n) is 6.97. The number of hydrogen-bond acceptors (Lipinski definition) is 4. The number of esters is 2. The van der Waals surface area contributed by atoms with Crippen molar-refractivity contribution in [3.05, 3.63) is 54.1 Å². The van der Waals surface area contributed by atoms with Gasteiger partial charge in [0.1, 0.15) is 5.75 Å². The summed E-state index contributed by atoms with van der Waals surface area (Å²) in [7, 11) is 0. The summed E-state index contributed by atoms with van der Waals surface area (Å²) in [5.74, 6) is 0.473. The number of rotatable bonds is 19. The Bertz CT molecular complexity index is 886. The smallest absolute Gasteiger partial charge is 0.338 e. The topological polar surface area (TPSA) is 52.6 Å². The van der Waals surface area contributed by atoms with Crippen molar-refractivity contribution in [2.24, 2.45) is 5.92 Å². The van der Waals surface area contributed by atoms with Crippen LogP contribution in [0.15, 0.2) is 48.5 Å². The van der Waals surface area contributed by atoms with E-state index in [1.165, 1.54) is 64.2 Å². The number of carbonyl (C=O) groups is 2. The van der Waals surface area contributed by atoms with Crippen LogP contribution in [0.25, 0.3) is 11.1 Å². The number of hydrogen-bond donors (Lipinski definition) is 0. The Morgan fingerprint density at radius 1 is 0.676 bits per heavy atom. The summed E-state index contributed by atoms with van der Waals surface area (Å²) in [6.45, 7) is 6.85. The lowest BCUT2D eigenvalue weighted by atomic mass is 10.0. The highest BCUT2D eigenvalue weighted by molar-refractivity contribution is 5.90. The average Bonchev–Trinajstić information content (AvgIpc) is 2.92. The molecule has 0 N–H and O–H groups in total. The first-order valence-electron chi connectivity index (χ1n) is 14.6. The molecule has 0 aliphatic carbocycles. The van der Waals surface area contributed by atoms with Crippen LogP contribution in [-0.4, -0.2) is 18.5 Å². The first-order valence-corrected chi connectivity index (χ1v) is 14.6. The molecule has 204 valence electrons. The van der Waals surface area contributed by atoms with Gasteiger partial charge in [-0.15, -0.1) is 0 Å². The largest absolute Gasteiger partial charge is 0.462 e. The van der Waals surface area contributed by atoms with Crippen LogP contribution >= 0.6 is 0 Å². The molecule has 1 unspecified atom stereocenters. The molecule has 0 fully saturated rings. The zero-order valence-electron chi connectivity index (χ0n) is 23.4. The predicted octanol–water partition coefficient (Wildman–Crippen LogP) is 9.55. The standard InChI is InChI=1S/C33H48O4/c1-4-6-7-8-9-10-11-12-13-14-15-16-17-32(34)37-31-24-22-29(23-25-31)28-18-20-30(21-19-28)33(35)36-26-27(3)5-2/h18-25,27H,4-17,26H2,1-3H3. The van der Waals surface area contributed by atoms with Crippen molar-refractivity contribution in [1.29, 1.82) is 0 Å². The van der Waals surface area contributed by atoms with E-state index in [1.807, 2.05) is 36.4 Å². The molecular weight excluding hydrogens is 460 g/mol. The lowest BCUT2D eigenvalue weighted by Crippen LogP contribution is -2.11. The van der Waals surface area contributed by atoms with Gasteiger partial charge in [0.05, 0.1) is 12.2 Å². The van der Waals surface area contributed by atoms with Gasteiger partial charge in [-0.2, -0.15) is 0 Å². The molecule has 0 amide bonds. The summed E-state index contributed by atoms with van der Waals surface area (Å²) in [6, 6.07) is 14.9. The molecule has 1 atom stereocenters. The van der Waals surface area contributed by atoms with Gasteiger partial charge in [0.25, 0.3) is 0 Å². The molecule has 0 spiro atoms. The second-order valence-corrected chi connectivity index (χ2v) is 10.3. The number of ether oxygens (including phenoxy) is 2. The molecule has 0 radical (unpaired) electrons. The molecule has 4 heteroatoms. The van der Waals surface area contributed by atoms with E-state index in [1.54, 1.807) is 12.1 Å². The summed E-state index contributed by atoms with van der Waals surface area (Å²) in [6.07, 6.45) is 16.8. The summed E-state index contributed by atoms with van der Waals surface area (Å²) >= 11 is 0. The zero-order valence-corrected chi connectivity index (χ0v) is 23.4. The maximum atomic E-state index is 12.2. The molecule has 4 nitrogen and oxygen atoms in total. The number of benzene rings is 2. The summed E-state index contributed by atoms with van der Waals surface area (Å²) in [5, 5.41) is 0. The highest BCUT2D eigenvalue weighted by Crippen LogP contribution is 2.24. The average molecular weight is 509 g/mol. The van der Waals surface area contributed by atoms with Crippen LogP contribution in [0.3, 0.4) is 0 Å². The summed E-state index contributed by atoms with van der Waals surface area (Å²) in [5.41, 5.74) is 2.54. The fourth-order valence-corrected chi connectivity index (χ4v) is 4.23. The first kappa shape index (κ1) is 30.6. The van der Waals surface area contributed by atoms with Crippen molar-refractivity contribution < 1.29 is 19.1 Å². The van der Waals surface area contributed by atoms with E-state index in [4.69, 9.17) is 9.47 Å². The van der Waals surface area contributed by atoms with Crippen molar-refractivity contribution in [2.75, 3.05) is 6.61 Å². The van der Waals surface area contributed by atoms with Gasteiger partial charge in [-0.25, -0.2) is 4.79 Å². The lowest BCUT2D eigenvalue weighted by molar-refractivity contribution is -0.134. The molecule has 37 heavy (non-hydrogen) atoms. The molecular formula is C33H48O4. The van der Waals surface area contributed by atoms with Crippen LogP contribution in [0.4, 0.5) is 0 Å². The fourth-order valence-electron chi connectivity index (χ4n) is 4.23. The van der Waals surface area contributed by atoms with Crippen molar-refractivity contribution in [3.8, 4) is 16.9 Å². The highest BCUT2D eigenvalue weighted by Gasteiger charge is 2.10. The van der Waals surface area contributed by atoms with Gasteiger partial charge < -0.3 is 9.47 Å². The summed E-state index contributed by atoms with van der Waals surface area (Å²) < 4.78 is 10.9. The zero-order chi connectivity index (χ0) is 26.7. The van der Waals surface area contributed by atoms with Gasteiger partial charge in [0.2, 0.25) is 0 Å². The molecule has 2 rings (SSSR count). The van der Waals surface area contributed by atoms with Crippen molar-refractivity contribution >= 4 is 11.9 Å². The molecule has 0 heterocycles. The van der Waals surface area contributed by atoms with Crippen LogP contribution < -0.4 is 4.74 Å². The van der Waals surface area contributed by atoms with Crippen molar-refractivity contribution in [2.45, 2.75) is 111 Å². The maximum absolute atomic E-state index is 12.2. The van der Waals surface area contributed by atoms with Crippen molar-refractivity contribution in [3.63, 3.8) is 0 Å². The Morgan fingerprint density at radius 2 is 1.16 bits per heavy atom. The molecule has 0 bridgehead atoms. The van der Waals surface area contributed by atoms with Gasteiger partial charge in [0.15, 0.2) is 0 Å². The van der Waals surface area contributed by atoms with Crippen LogP contribution in [-0.2, 0) is 9.53 Å². The maximum Gasteiger partial charge on any atom is 0.338 e. The van der Waals surface area contributed by atoms with E-state index in [-0.39, 0.29) is 11.9 Å². The minimum absolute atomic E-state index is 0.167. The molecule has 0 aliphatic rings. The van der Waals surface area contributed by atoms with Crippen molar-refractivity contribution in [1.82, 2.24) is 0 Å². The van der Waals surface area contributed by atoms with Gasteiger partial charge in [-0.3, -0.25) is 4.79 Å². The van der Waals surface area contributed by atoms with E-state index in [2.05, 4.69) is 20.8 Å². The van der Waals surface area contributed by atoms with Gasteiger partial charge in [-0.1, -0.05) is 122 Å². The predicted molar refractivity (Wildman–Crippen MR) is 153 cm³/mol. The Morgan fingerprint density at radius 3 is 1.68 bits per heavy atom. The quantitative estimate of drug-likeness (QED) is 0.108. The van der Waals surface area contributed by atoms with Gasteiger partial charge >= 0.3 is 11.9 Å². The minimum Gasteiger partial charge on any atom is -0.462 e. The molecule has 2 aromatic carbocycles. The van der Waals surface area contributed by atoms with Gasteiger partial charge in [-0.05, 0) is 47.7 Å². The number of unbranched alkanes of at least 4 members (excludes halogenated alkanes) is 11. The molecule has 0 saturated carbocycles. The monoisotopic (exact) mass is 508 g/mol. The SMILES string of the molecule is CCCCCCCCCCCCCCC(=O)Oc1ccc(-c2ccc(C(=O)OCC(C)CC)cc2)cc1. The lowest BCUT2D eigenvalue weighted by Gasteiger charge is -2.10. The molecule has 0 aliphatic heterocycles. The van der Waals surface area contributed by atoms with Crippen LogP contribution in [0.5, 0.6) is 5.75 Å². The van der Waals surface area contributed by atoms with E-state index < -0.39 is 0 Å². The Kier molecular flexibility index (Phi) is 15.4. The fraction of sp³-hybridized carbons (Fsp3) is 0.576. The van der Waals surface area contributed by atoms with Crippen LogP contribution in [0, 0.1) is 5.92 Å². The second-order valence-electron chi connectivity index (χ2n) is 10.3. The Balaban J connectivity index is 1.61. The molecule has 2 aromatic rings.